The fourth-order valence-corrected chi connectivity index (χ4v) is 5.47. The van der Waals surface area contributed by atoms with Crippen LogP contribution in [0.4, 0.5) is 11.4 Å². The lowest BCUT2D eigenvalue weighted by Gasteiger charge is -2.19. The Bertz CT molecular complexity index is 1380. The van der Waals surface area contributed by atoms with E-state index in [1.807, 2.05) is 44.2 Å². The highest BCUT2D eigenvalue weighted by Gasteiger charge is 2.41. The molecule has 3 aromatic carbocycles. The van der Waals surface area contributed by atoms with Crippen LogP contribution in [0.25, 0.3) is 0 Å². The van der Waals surface area contributed by atoms with Crippen LogP contribution in [0.15, 0.2) is 77.3 Å². The van der Waals surface area contributed by atoms with Crippen LogP contribution in [0.1, 0.15) is 16.7 Å². The number of nitriles is 1. The minimum absolute atomic E-state index is 0.132. The summed E-state index contributed by atoms with van der Waals surface area (Å²) in [6, 6.07) is 21.8. The number of aryl methyl sites for hydroxylation is 1. The number of halogens is 2. The molecule has 1 heterocycles. The topological polar surface area (TPSA) is 73.2 Å². The summed E-state index contributed by atoms with van der Waals surface area (Å²) >= 11 is 13.7. The Kier molecular flexibility index (Phi) is 7.51. The molecule has 4 rings (SSSR count). The van der Waals surface area contributed by atoms with Crippen molar-refractivity contribution >= 4 is 58.2 Å². The van der Waals surface area contributed by atoms with Crippen molar-refractivity contribution in [3.63, 3.8) is 0 Å². The number of carbonyl (C=O) groups excluding carboxylic acids is 2. The molecule has 0 aliphatic carbocycles. The van der Waals surface area contributed by atoms with E-state index >= 15 is 0 Å². The smallest absolute Gasteiger partial charge is 0.269 e. The van der Waals surface area contributed by atoms with Crippen LogP contribution in [0, 0.1) is 25.2 Å². The van der Waals surface area contributed by atoms with Gasteiger partial charge in [-0.05, 0) is 61.2 Å². The van der Waals surface area contributed by atoms with Crippen molar-refractivity contribution in [1.82, 2.24) is 0 Å². The maximum atomic E-state index is 13.6. The number of anilines is 2. The molecule has 1 fully saturated rings. The normalized spacial score (nSPS) is 16.7. The van der Waals surface area contributed by atoms with Crippen LogP contribution in [0.5, 0.6) is 0 Å². The highest BCUT2D eigenvalue weighted by molar-refractivity contribution is 8.05. The number of benzene rings is 3. The SMILES string of the molecule is Cc1cccc(NC(=O)/C(C#N)=C2/SC(Cc3cccc(Cl)c3Cl)C(=O)N2c2ccccc2)c1C. The number of para-hydroxylation sites is 1. The van der Waals surface area contributed by atoms with Crippen LogP contribution in [-0.2, 0) is 16.0 Å². The third-order valence-corrected chi connectivity index (χ3v) is 7.93. The molecule has 0 spiro atoms. The first kappa shape index (κ1) is 24.9. The summed E-state index contributed by atoms with van der Waals surface area (Å²) in [7, 11) is 0. The Morgan fingerprint density at radius 2 is 1.77 bits per heavy atom. The van der Waals surface area contributed by atoms with Gasteiger partial charge < -0.3 is 5.32 Å². The highest BCUT2D eigenvalue weighted by Crippen LogP contribution is 2.43. The lowest BCUT2D eigenvalue weighted by molar-refractivity contribution is -0.117. The maximum absolute atomic E-state index is 13.6. The van der Waals surface area contributed by atoms with Crippen molar-refractivity contribution in [2.24, 2.45) is 0 Å². The van der Waals surface area contributed by atoms with Crippen molar-refractivity contribution < 1.29 is 9.59 Å². The number of thioether (sulfide) groups is 1. The van der Waals surface area contributed by atoms with Crippen molar-refractivity contribution in [2.45, 2.75) is 25.5 Å². The van der Waals surface area contributed by atoms with Gasteiger partial charge in [-0.1, -0.05) is 77.4 Å². The van der Waals surface area contributed by atoms with E-state index in [1.54, 1.807) is 42.5 Å². The first-order chi connectivity index (χ1) is 16.8. The summed E-state index contributed by atoms with van der Waals surface area (Å²) in [4.78, 5) is 28.3. The van der Waals surface area contributed by atoms with E-state index < -0.39 is 11.2 Å². The highest BCUT2D eigenvalue weighted by atomic mass is 35.5. The van der Waals surface area contributed by atoms with Crippen molar-refractivity contribution in [3.05, 3.63) is 104 Å². The monoisotopic (exact) mass is 521 g/mol. The van der Waals surface area contributed by atoms with Gasteiger partial charge in [-0.2, -0.15) is 5.26 Å². The predicted octanol–water partition coefficient (Wildman–Crippen LogP) is 6.68. The second kappa shape index (κ2) is 10.6. The van der Waals surface area contributed by atoms with Gasteiger partial charge in [-0.25, -0.2) is 0 Å². The number of hydrogen-bond acceptors (Lipinski definition) is 4. The Hall–Kier alpha value is -3.24. The molecule has 1 aliphatic heterocycles. The Labute approximate surface area is 218 Å². The van der Waals surface area contributed by atoms with Crippen LogP contribution in [0.2, 0.25) is 10.0 Å². The molecule has 8 heteroatoms. The number of hydrogen-bond donors (Lipinski definition) is 1. The van der Waals surface area contributed by atoms with Crippen LogP contribution in [-0.4, -0.2) is 17.1 Å². The average Bonchev–Trinajstić information content (AvgIpc) is 3.16. The lowest BCUT2D eigenvalue weighted by Crippen LogP contribution is -2.31. The van der Waals surface area contributed by atoms with Gasteiger partial charge in [0, 0.05) is 11.4 Å². The summed E-state index contributed by atoms with van der Waals surface area (Å²) in [5.41, 5.74) is 3.71. The van der Waals surface area contributed by atoms with Gasteiger partial charge in [0.15, 0.2) is 0 Å². The number of nitrogens with one attached hydrogen (secondary N) is 1. The van der Waals surface area contributed by atoms with Gasteiger partial charge >= 0.3 is 0 Å². The van der Waals surface area contributed by atoms with Crippen LogP contribution >= 0.6 is 35.0 Å². The molecular formula is C27H21Cl2N3O2S. The average molecular weight is 522 g/mol. The molecular weight excluding hydrogens is 501 g/mol. The molecule has 5 nitrogen and oxygen atoms in total. The molecule has 1 saturated heterocycles. The molecule has 1 aliphatic rings. The van der Waals surface area contributed by atoms with Gasteiger partial charge in [0.2, 0.25) is 5.91 Å². The quantitative estimate of drug-likeness (QED) is 0.300. The fourth-order valence-electron chi connectivity index (χ4n) is 3.78. The minimum atomic E-state index is -0.585. The van der Waals surface area contributed by atoms with Crippen molar-refractivity contribution in [2.75, 3.05) is 10.2 Å². The molecule has 176 valence electrons. The predicted molar refractivity (Wildman–Crippen MR) is 143 cm³/mol. The molecule has 35 heavy (non-hydrogen) atoms. The van der Waals surface area contributed by atoms with E-state index in [-0.39, 0.29) is 16.5 Å². The first-order valence-electron chi connectivity index (χ1n) is 10.8. The van der Waals surface area contributed by atoms with E-state index in [0.29, 0.717) is 27.8 Å². The largest absolute Gasteiger partial charge is 0.321 e. The Balaban J connectivity index is 1.74. The van der Waals surface area contributed by atoms with Gasteiger partial charge in [0.25, 0.3) is 5.91 Å². The van der Waals surface area contributed by atoms with Gasteiger partial charge in [0.1, 0.15) is 16.7 Å². The minimum Gasteiger partial charge on any atom is -0.321 e. The molecule has 3 aromatic rings. The standard InChI is InChI=1S/C27H21Cl2N3O2S/c1-16-8-6-13-22(17(16)2)31-25(33)20(15-30)27-32(19-10-4-3-5-11-19)26(34)23(35-27)14-18-9-7-12-21(28)24(18)29/h3-13,23H,14H2,1-2H3,(H,31,33)/b27-20+. The zero-order chi connectivity index (χ0) is 25.1. The summed E-state index contributed by atoms with van der Waals surface area (Å²) in [6.07, 6.45) is 0.299. The molecule has 0 bridgehead atoms. The van der Waals surface area contributed by atoms with E-state index in [9.17, 15) is 14.9 Å². The summed E-state index contributed by atoms with van der Waals surface area (Å²) in [5, 5.41) is 13.3. The Morgan fingerprint density at radius 1 is 1.06 bits per heavy atom. The summed E-state index contributed by atoms with van der Waals surface area (Å²) < 4.78 is 0. The zero-order valence-electron chi connectivity index (χ0n) is 19.0. The lowest BCUT2D eigenvalue weighted by atomic mass is 10.1. The van der Waals surface area contributed by atoms with Gasteiger partial charge in [-0.15, -0.1) is 0 Å². The molecule has 0 saturated carbocycles. The molecule has 1 N–H and O–H groups in total. The number of rotatable bonds is 5. The molecule has 1 unspecified atom stereocenters. The molecule has 0 radical (unpaired) electrons. The van der Waals surface area contributed by atoms with E-state index in [4.69, 9.17) is 23.2 Å². The van der Waals surface area contributed by atoms with Gasteiger partial charge in [0.05, 0.1) is 15.3 Å². The number of carbonyl (C=O) groups is 2. The first-order valence-corrected chi connectivity index (χ1v) is 12.5. The van der Waals surface area contributed by atoms with E-state index in [0.717, 1.165) is 16.7 Å². The van der Waals surface area contributed by atoms with Gasteiger partial charge in [-0.3, -0.25) is 14.5 Å². The second-order valence-corrected chi connectivity index (χ2v) is 10.0. The van der Waals surface area contributed by atoms with Crippen molar-refractivity contribution in [1.29, 1.82) is 5.26 Å². The number of nitrogens with zero attached hydrogens (tertiary/aromatic N) is 2. The maximum Gasteiger partial charge on any atom is 0.269 e. The third kappa shape index (κ3) is 5.08. The van der Waals surface area contributed by atoms with E-state index in [2.05, 4.69) is 5.32 Å². The third-order valence-electron chi connectivity index (χ3n) is 5.81. The fraction of sp³-hybridized carbons (Fsp3) is 0.148. The number of amides is 2. The summed E-state index contributed by atoms with van der Waals surface area (Å²) in [5.74, 6) is -0.807. The van der Waals surface area contributed by atoms with E-state index in [1.165, 1.54) is 16.7 Å². The zero-order valence-corrected chi connectivity index (χ0v) is 21.3. The van der Waals surface area contributed by atoms with Crippen LogP contribution in [0.3, 0.4) is 0 Å². The van der Waals surface area contributed by atoms with Crippen molar-refractivity contribution in [3.8, 4) is 6.07 Å². The molecule has 2 amide bonds. The Morgan fingerprint density at radius 3 is 2.49 bits per heavy atom. The van der Waals surface area contributed by atoms with Crippen LogP contribution < -0.4 is 10.2 Å². The molecule has 0 aromatic heterocycles. The second-order valence-electron chi connectivity index (χ2n) is 8.03. The summed E-state index contributed by atoms with van der Waals surface area (Å²) in [6.45, 7) is 3.85. The molecule has 1 atom stereocenters.